The maximum Gasteiger partial charge on any atom is 0.326 e. The van der Waals surface area contributed by atoms with Crippen LogP contribution in [-0.4, -0.2) is 34.6 Å². The number of piperidine rings is 1. The molecule has 1 aliphatic rings. The van der Waals surface area contributed by atoms with E-state index < -0.39 is 17.9 Å². The molecule has 1 aromatic rings. The number of rotatable bonds is 3. The molecule has 0 aliphatic carbocycles. The summed E-state index contributed by atoms with van der Waals surface area (Å²) in [7, 11) is 0. The molecule has 1 saturated heterocycles. The summed E-state index contributed by atoms with van der Waals surface area (Å²) >= 11 is 0. The molecule has 1 aromatic heterocycles. The van der Waals surface area contributed by atoms with Crippen LogP contribution in [0.15, 0.2) is 18.2 Å². The van der Waals surface area contributed by atoms with Crippen LogP contribution >= 0.6 is 0 Å². The second-order valence-corrected chi connectivity index (χ2v) is 4.84. The predicted molar refractivity (Wildman–Crippen MR) is 69.9 cm³/mol. The quantitative estimate of drug-likeness (QED) is 0.843. The van der Waals surface area contributed by atoms with Gasteiger partial charge in [0, 0.05) is 6.54 Å². The number of carboxylic acids is 1. The van der Waals surface area contributed by atoms with E-state index in [0.717, 1.165) is 12.8 Å². The fraction of sp³-hybridized carbons (Fsp3) is 0.462. The van der Waals surface area contributed by atoms with Gasteiger partial charge in [0.2, 0.25) is 0 Å². The first-order chi connectivity index (χ1) is 9.00. The van der Waals surface area contributed by atoms with E-state index in [1.807, 2.05) is 6.92 Å². The van der Waals surface area contributed by atoms with Gasteiger partial charge in [-0.15, -0.1) is 0 Å². The zero-order valence-electron chi connectivity index (χ0n) is 10.7. The topological polar surface area (TPSA) is 96.5 Å². The van der Waals surface area contributed by atoms with Gasteiger partial charge >= 0.3 is 5.97 Å². The summed E-state index contributed by atoms with van der Waals surface area (Å²) in [6, 6.07) is 4.29. The lowest BCUT2D eigenvalue weighted by molar-refractivity contribution is -0.140. The minimum atomic E-state index is -0.863. The minimum Gasteiger partial charge on any atom is -0.480 e. The number of carbonyl (C=O) groups is 2. The van der Waals surface area contributed by atoms with Gasteiger partial charge in [-0.1, -0.05) is 13.0 Å². The highest BCUT2D eigenvalue weighted by atomic mass is 16.4. The Hall–Kier alpha value is -2.11. The molecule has 0 saturated carbocycles. The Kier molecular flexibility index (Phi) is 3.69. The van der Waals surface area contributed by atoms with Crippen molar-refractivity contribution in [3.63, 3.8) is 0 Å². The van der Waals surface area contributed by atoms with Gasteiger partial charge in [-0.05, 0) is 30.9 Å². The summed E-state index contributed by atoms with van der Waals surface area (Å²) in [5.41, 5.74) is 5.35. The highest BCUT2D eigenvalue weighted by Gasteiger charge is 2.35. The maximum absolute atomic E-state index is 11.4. The van der Waals surface area contributed by atoms with Crippen LogP contribution < -0.4 is 10.6 Å². The molecule has 2 unspecified atom stereocenters. The van der Waals surface area contributed by atoms with Gasteiger partial charge in [-0.2, -0.15) is 0 Å². The molecule has 2 heterocycles. The highest BCUT2D eigenvalue weighted by Crippen LogP contribution is 2.27. The van der Waals surface area contributed by atoms with Crippen molar-refractivity contribution in [3.05, 3.63) is 23.9 Å². The third-order valence-electron chi connectivity index (χ3n) is 3.47. The summed E-state index contributed by atoms with van der Waals surface area (Å²) in [4.78, 5) is 28.4. The smallest absolute Gasteiger partial charge is 0.326 e. The summed E-state index contributed by atoms with van der Waals surface area (Å²) in [6.07, 6.45) is 1.79. The standard InChI is InChI=1S/C13H17N3O3/c1-8-4-3-7-16(11(8)13(18)19)10-6-2-5-9(15-10)12(14)17/h2,5-6,8,11H,3-4,7H2,1H3,(H2,14,17)(H,18,19). The van der Waals surface area contributed by atoms with E-state index in [-0.39, 0.29) is 11.6 Å². The Morgan fingerprint density at radius 1 is 1.47 bits per heavy atom. The number of hydrogen-bond donors (Lipinski definition) is 2. The fourth-order valence-corrected chi connectivity index (χ4v) is 2.54. The van der Waals surface area contributed by atoms with Crippen molar-refractivity contribution >= 4 is 17.7 Å². The zero-order valence-corrected chi connectivity index (χ0v) is 10.7. The molecule has 6 nitrogen and oxygen atoms in total. The molecule has 3 N–H and O–H groups in total. The van der Waals surface area contributed by atoms with Gasteiger partial charge in [-0.3, -0.25) is 4.79 Å². The SMILES string of the molecule is CC1CCCN(c2cccc(C(N)=O)n2)C1C(=O)O. The number of primary amides is 1. The van der Waals surface area contributed by atoms with E-state index in [4.69, 9.17) is 5.73 Å². The van der Waals surface area contributed by atoms with Gasteiger partial charge in [0.15, 0.2) is 0 Å². The number of carboxylic acid groups (broad SMARTS) is 1. The van der Waals surface area contributed by atoms with Crippen LogP contribution in [0.1, 0.15) is 30.3 Å². The summed E-state index contributed by atoms with van der Waals surface area (Å²) in [6.45, 7) is 2.54. The van der Waals surface area contributed by atoms with E-state index in [0.29, 0.717) is 12.4 Å². The molecule has 0 bridgehead atoms. The summed E-state index contributed by atoms with van der Waals surface area (Å²) in [5.74, 6) is -0.933. The minimum absolute atomic E-state index is 0.0466. The van der Waals surface area contributed by atoms with Crippen molar-refractivity contribution in [1.82, 2.24) is 4.98 Å². The number of aliphatic carboxylic acids is 1. The Bertz CT molecular complexity index is 504. The van der Waals surface area contributed by atoms with Crippen LogP contribution in [-0.2, 0) is 4.79 Å². The Labute approximate surface area is 111 Å². The van der Waals surface area contributed by atoms with Crippen molar-refractivity contribution in [2.45, 2.75) is 25.8 Å². The number of nitrogens with two attached hydrogens (primary N) is 1. The molecule has 2 atom stereocenters. The van der Waals surface area contributed by atoms with Gasteiger partial charge < -0.3 is 15.7 Å². The van der Waals surface area contributed by atoms with Crippen LogP contribution in [0, 0.1) is 5.92 Å². The predicted octanol–water partition coefficient (Wildman–Crippen LogP) is 0.870. The molecule has 1 fully saturated rings. The van der Waals surface area contributed by atoms with E-state index >= 15 is 0 Å². The lowest BCUT2D eigenvalue weighted by atomic mass is 9.91. The number of hydrogen-bond acceptors (Lipinski definition) is 4. The first kappa shape index (κ1) is 13.3. The normalized spacial score (nSPS) is 23.1. The van der Waals surface area contributed by atoms with E-state index in [1.54, 1.807) is 17.0 Å². The first-order valence-electron chi connectivity index (χ1n) is 6.27. The molecular weight excluding hydrogens is 246 g/mol. The first-order valence-corrected chi connectivity index (χ1v) is 6.27. The molecule has 0 radical (unpaired) electrons. The lowest BCUT2D eigenvalue weighted by Gasteiger charge is -2.38. The van der Waals surface area contributed by atoms with Crippen molar-refractivity contribution in [1.29, 1.82) is 0 Å². The molecule has 1 amide bonds. The van der Waals surface area contributed by atoms with Crippen LogP contribution in [0.3, 0.4) is 0 Å². The molecule has 1 aliphatic heterocycles. The van der Waals surface area contributed by atoms with Crippen LogP contribution in [0.5, 0.6) is 0 Å². The Morgan fingerprint density at radius 3 is 2.84 bits per heavy atom. The average molecular weight is 263 g/mol. The molecule has 0 spiro atoms. The molecule has 102 valence electrons. The van der Waals surface area contributed by atoms with Crippen molar-refractivity contribution in [3.8, 4) is 0 Å². The largest absolute Gasteiger partial charge is 0.480 e. The second kappa shape index (κ2) is 5.26. The Morgan fingerprint density at radius 2 is 2.21 bits per heavy atom. The monoisotopic (exact) mass is 263 g/mol. The fourth-order valence-electron chi connectivity index (χ4n) is 2.54. The Balaban J connectivity index is 2.35. The van der Waals surface area contributed by atoms with Crippen molar-refractivity contribution < 1.29 is 14.7 Å². The number of pyridine rings is 1. The summed E-state index contributed by atoms with van der Waals surface area (Å²) < 4.78 is 0. The average Bonchev–Trinajstić information content (AvgIpc) is 2.38. The second-order valence-electron chi connectivity index (χ2n) is 4.84. The molecule has 19 heavy (non-hydrogen) atoms. The van der Waals surface area contributed by atoms with Crippen LogP contribution in [0.2, 0.25) is 0 Å². The number of aromatic nitrogens is 1. The third kappa shape index (κ3) is 2.67. The van der Waals surface area contributed by atoms with E-state index in [2.05, 4.69) is 4.98 Å². The lowest BCUT2D eigenvalue weighted by Crippen LogP contribution is -2.49. The van der Waals surface area contributed by atoms with Crippen molar-refractivity contribution in [2.24, 2.45) is 11.7 Å². The van der Waals surface area contributed by atoms with Crippen molar-refractivity contribution in [2.75, 3.05) is 11.4 Å². The summed E-state index contributed by atoms with van der Waals surface area (Å²) in [5, 5.41) is 9.36. The van der Waals surface area contributed by atoms with Crippen LogP contribution in [0.25, 0.3) is 0 Å². The van der Waals surface area contributed by atoms with Gasteiger partial charge in [0.25, 0.3) is 5.91 Å². The number of anilines is 1. The maximum atomic E-state index is 11.4. The van der Waals surface area contributed by atoms with E-state index in [1.165, 1.54) is 6.07 Å². The van der Waals surface area contributed by atoms with Crippen LogP contribution in [0.4, 0.5) is 5.82 Å². The van der Waals surface area contributed by atoms with Gasteiger partial charge in [-0.25, -0.2) is 9.78 Å². The molecule has 6 heteroatoms. The molecule has 2 rings (SSSR count). The molecule has 0 aromatic carbocycles. The zero-order chi connectivity index (χ0) is 14.0. The number of amides is 1. The number of carbonyl (C=O) groups excluding carboxylic acids is 1. The van der Waals surface area contributed by atoms with Gasteiger partial charge in [0.05, 0.1) is 0 Å². The highest BCUT2D eigenvalue weighted by molar-refractivity contribution is 5.91. The molecular formula is C13H17N3O3. The third-order valence-corrected chi connectivity index (χ3v) is 3.47. The van der Waals surface area contributed by atoms with Gasteiger partial charge in [0.1, 0.15) is 17.6 Å². The number of nitrogens with zero attached hydrogens (tertiary/aromatic N) is 2. The van der Waals surface area contributed by atoms with E-state index in [9.17, 15) is 14.7 Å².